The lowest BCUT2D eigenvalue weighted by Crippen LogP contribution is -2.41. The number of rotatable bonds is 3. The van der Waals surface area contributed by atoms with Gasteiger partial charge >= 0.3 is 0 Å². The Morgan fingerprint density at radius 1 is 0.909 bits per heavy atom. The van der Waals surface area contributed by atoms with Gasteiger partial charge in [0.25, 0.3) is 5.91 Å². The monoisotopic (exact) mass is 496 g/mol. The van der Waals surface area contributed by atoms with E-state index in [0.29, 0.717) is 44.2 Å². The fraction of sp³-hybridized carbons (Fsp3) is 0.154. The van der Waals surface area contributed by atoms with E-state index in [1.165, 1.54) is 5.56 Å². The largest absolute Gasteiger partial charge is 0.360 e. The molecule has 0 saturated carbocycles. The quantitative estimate of drug-likeness (QED) is 0.296. The Morgan fingerprint density at radius 2 is 1.55 bits per heavy atom. The van der Waals surface area contributed by atoms with Crippen molar-refractivity contribution in [3.8, 4) is 11.3 Å². The van der Waals surface area contributed by atoms with Crippen molar-refractivity contribution >= 4 is 40.7 Å². The van der Waals surface area contributed by atoms with E-state index < -0.39 is 0 Å². The predicted octanol–water partition coefficient (Wildman–Crippen LogP) is 7.40. The van der Waals surface area contributed by atoms with Crippen molar-refractivity contribution in [1.29, 1.82) is 0 Å². The van der Waals surface area contributed by atoms with Crippen LogP contribution in [-0.2, 0) is 6.42 Å². The number of carbonyl (C=O) groups is 1. The molecule has 1 aliphatic heterocycles. The third-order valence-corrected chi connectivity index (χ3v) is 6.99. The van der Waals surface area contributed by atoms with Gasteiger partial charge in [0.15, 0.2) is 0 Å². The van der Waals surface area contributed by atoms with Crippen LogP contribution in [0.1, 0.15) is 38.9 Å². The van der Waals surface area contributed by atoms with E-state index in [9.17, 15) is 4.79 Å². The number of fused-ring (bicyclic) bond motifs is 1. The van der Waals surface area contributed by atoms with Gasteiger partial charge in [0.05, 0.1) is 16.1 Å². The van der Waals surface area contributed by atoms with Crippen molar-refractivity contribution in [3.05, 3.63) is 110 Å². The summed E-state index contributed by atoms with van der Waals surface area (Å²) in [6.45, 7) is 2.24. The van der Waals surface area contributed by atoms with Gasteiger partial charge in [-0.05, 0) is 48.2 Å². The van der Waals surface area contributed by atoms with Crippen LogP contribution in [0.5, 0.6) is 0 Å². The van der Waals surface area contributed by atoms with Crippen LogP contribution >= 0.6 is 34.8 Å². The molecule has 0 N–H and O–H groups in total. The lowest BCUT2D eigenvalue weighted by molar-refractivity contribution is 0.0693. The normalized spacial score (nSPS) is 15.4. The Kier molecular flexibility index (Phi) is 5.92. The van der Waals surface area contributed by atoms with Crippen molar-refractivity contribution in [3.63, 3.8) is 0 Å². The Bertz CT molecular complexity index is 1350. The van der Waals surface area contributed by atoms with Crippen molar-refractivity contribution in [2.75, 3.05) is 6.54 Å². The number of amides is 1. The smallest absolute Gasteiger partial charge is 0.260 e. The molecule has 33 heavy (non-hydrogen) atoms. The molecule has 0 radical (unpaired) electrons. The summed E-state index contributed by atoms with van der Waals surface area (Å²) < 4.78 is 5.47. The highest BCUT2D eigenvalue weighted by Crippen LogP contribution is 2.42. The molecule has 4 aromatic rings. The number of hydrogen-bond acceptors (Lipinski definition) is 3. The van der Waals surface area contributed by atoms with Crippen LogP contribution < -0.4 is 0 Å². The number of halogens is 3. The van der Waals surface area contributed by atoms with E-state index in [-0.39, 0.29) is 11.9 Å². The van der Waals surface area contributed by atoms with Gasteiger partial charge in [0, 0.05) is 17.1 Å². The fourth-order valence-electron chi connectivity index (χ4n) is 4.48. The maximum absolute atomic E-state index is 14.1. The van der Waals surface area contributed by atoms with Gasteiger partial charge in [-0.15, -0.1) is 0 Å². The minimum Gasteiger partial charge on any atom is -0.360 e. The predicted molar refractivity (Wildman–Crippen MR) is 131 cm³/mol. The van der Waals surface area contributed by atoms with Crippen molar-refractivity contribution in [2.45, 2.75) is 19.4 Å². The maximum Gasteiger partial charge on any atom is 0.260 e. The first-order valence-electron chi connectivity index (χ1n) is 10.5. The van der Waals surface area contributed by atoms with E-state index >= 15 is 0 Å². The molecule has 2 heterocycles. The van der Waals surface area contributed by atoms with Gasteiger partial charge in [-0.3, -0.25) is 4.79 Å². The molecule has 4 nitrogen and oxygen atoms in total. The second kappa shape index (κ2) is 8.86. The molecule has 0 bridgehead atoms. The molecule has 1 aromatic heterocycles. The maximum atomic E-state index is 14.1. The van der Waals surface area contributed by atoms with E-state index in [4.69, 9.17) is 39.3 Å². The molecule has 1 amide bonds. The highest BCUT2D eigenvalue weighted by atomic mass is 35.5. The SMILES string of the molecule is Cc1onc(-c2c(Cl)cccc2Cl)c1C(=O)N1CCc2ccccc2[C@H]1c1ccccc1Cl. The number of carbonyl (C=O) groups excluding carboxylic acids is 1. The second-order valence-electron chi connectivity index (χ2n) is 7.93. The summed E-state index contributed by atoms with van der Waals surface area (Å²) in [4.78, 5) is 15.9. The van der Waals surface area contributed by atoms with Gasteiger partial charge in [0.2, 0.25) is 0 Å². The molecule has 5 rings (SSSR count). The highest BCUT2D eigenvalue weighted by molar-refractivity contribution is 6.39. The first-order valence-corrected chi connectivity index (χ1v) is 11.6. The average Bonchev–Trinajstić information content (AvgIpc) is 3.19. The van der Waals surface area contributed by atoms with E-state index in [1.54, 1.807) is 25.1 Å². The van der Waals surface area contributed by atoms with Crippen LogP contribution in [-0.4, -0.2) is 22.5 Å². The standard InChI is InChI=1S/C26H19Cl3N2O2/c1-15-22(24(30-33-15)23-20(28)11-6-12-21(23)29)26(32)31-14-13-16-7-2-3-8-17(16)25(31)18-9-4-5-10-19(18)27/h2-12,25H,13-14H2,1H3/t25-/m0/s1. The lowest BCUT2D eigenvalue weighted by atomic mass is 9.87. The third-order valence-electron chi connectivity index (χ3n) is 6.02. The third kappa shape index (κ3) is 3.82. The summed E-state index contributed by atoms with van der Waals surface area (Å²) >= 11 is 19.5. The zero-order valence-electron chi connectivity index (χ0n) is 17.7. The van der Waals surface area contributed by atoms with Gasteiger partial charge in [0.1, 0.15) is 17.0 Å². The number of benzene rings is 3. The molecule has 0 unspecified atom stereocenters. The molecule has 3 aromatic carbocycles. The van der Waals surface area contributed by atoms with Crippen molar-refractivity contribution < 1.29 is 9.32 Å². The van der Waals surface area contributed by atoms with Crippen molar-refractivity contribution in [1.82, 2.24) is 10.1 Å². The van der Waals surface area contributed by atoms with Crippen LogP contribution in [0.25, 0.3) is 11.3 Å². The summed E-state index contributed by atoms with van der Waals surface area (Å²) in [7, 11) is 0. The summed E-state index contributed by atoms with van der Waals surface area (Å²) in [5.41, 5.74) is 4.28. The Hall–Kier alpha value is -2.79. The molecule has 0 aliphatic carbocycles. The van der Waals surface area contributed by atoms with Crippen LogP contribution in [0.3, 0.4) is 0 Å². The van der Waals surface area contributed by atoms with Crippen LogP contribution in [0.4, 0.5) is 0 Å². The molecule has 0 spiro atoms. The van der Waals surface area contributed by atoms with E-state index in [0.717, 1.165) is 17.5 Å². The second-order valence-corrected chi connectivity index (χ2v) is 9.15. The van der Waals surface area contributed by atoms with Crippen LogP contribution in [0.15, 0.2) is 71.3 Å². The molecule has 166 valence electrons. The molecule has 7 heteroatoms. The van der Waals surface area contributed by atoms with E-state index in [1.807, 2.05) is 41.3 Å². The molecule has 0 fully saturated rings. The summed E-state index contributed by atoms with van der Waals surface area (Å²) in [5.74, 6) is 0.196. The van der Waals surface area contributed by atoms with E-state index in [2.05, 4.69) is 17.3 Å². The van der Waals surface area contributed by atoms with Gasteiger partial charge in [-0.1, -0.05) is 88.5 Å². The number of aromatic nitrogens is 1. The van der Waals surface area contributed by atoms with Crippen LogP contribution in [0.2, 0.25) is 15.1 Å². The number of nitrogens with zero attached hydrogens (tertiary/aromatic N) is 2. The minimum atomic E-state index is -0.347. The first-order chi connectivity index (χ1) is 16.0. The molecular formula is C26H19Cl3N2O2. The number of hydrogen-bond donors (Lipinski definition) is 0. The Morgan fingerprint density at radius 3 is 2.27 bits per heavy atom. The molecular weight excluding hydrogens is 479 g/mol. The first kappa shape index (κ1) is 22.0. The zero-order chi connectivity index (χ0) is 23.1. The average molecular weight is 498 g/mol. The summed E-state index contributed by atoms with van der Waals surface area (Å²) in [6.07, 6.45) is 0.732. The fourth-order valence-corrected chi connectivity index (χ4v) is 5.30. The van der Waals surface area contributed by atoms with Gasteiger partial charge in [-0.25, -0.2) is 0 Å². The minimum absolute atomic E-state index is 0.209. The lowest BCUT2D eigenvalue weighted by Gasteiger charge is -2.38. The topological polar surface area (TPSA) is 46.3 Å². The van der Waals surface area contributed by atoms with Crippen LogP contribution in [0, 0.1) is 6.92 Å². The highest BCUT2D eigenvalue weighted by Gasteiger charge is 2.37. The summed E-state index contributed by atoms with van der Waals surface area (Å²) in [6, 6.07) is 20.6. The summed E-state index contributed by atoms with van der Waals surface area (Å²) in [5, 5.41) is 5.57. The Labute approximate surface area is 206 Å². The van der Waals surface area contributed by atoms with Crippen molar-refractivity contribution in [2.24, 2.45) is 0 Å². The molecule has 1 aliphatic rings. The molecule has 1 atom stereocenters. The number of aryl methyl sites for hydroxylation is 1. The van der Waals surface area contributed by atoms with Gasteiger partial charge < -0.3 is 9.42 Å². The Balaban J connectivity index is 1.67. The van der Waals surface area contributed by atoms with Gasteiger partial charge in [-0.2, -0.15) is 0 Å². The zero-order valence-corrected chi connectivity index (χ0v) is 20.0. The molecule has 0 saturated heterocycles.